The van der Waals surface area contributed by atoms with Crippen molar-refractivity contribution in [2.75, 3.05) is 39.8 Å². The van der Waals surface area contributed by atoms with Gasteiger partial charge in [0, 0.05) is 44.6 Å². The van der Waals surface area contributed by atoms with E-state index in [1.807, 2.05) is 36.5 Å². The molecule has 1 aromatic heterocycles. The number of nitrogens with one attached hydrogen (secondary N) is 2. The fourth-order valence-electron chi connectivity index (χ4n) is 3.32. The lowest BCUT2D eigenvalue weighted by Gasteiger charge is -2.35. The highest BCUT2D eigenvalue weighted by Gasteiger charge is 2.25. The number of ether oxygens (including phenoxy) is 1. The van der Waals surface area contributed by atoms with Gasteiger partial charge in [0.25, 0.3) is 0 Å². The summed E-state index contributed by atoms with van der Waals surface area (Å²) in [7, 11) is 1.67. The number of hydrogen-bond donors (Lipinski definition) is 2. The van der Waals surface area contributed by atoms with Crippen molar-refractivity contribution in [2.24, 2.45) is 0 Å². The number of carbonyl (C=O) groups excluding carboxylic acids is 1. The van der Waals surface area contributed by atoms with E-state index in [9.17, 15) is 4.79 Å². The van der Waals surface area contributed by atoms with E-state index >= 15 is 0 Å². The first-order chi connectivity index (χ1) is 12.8. The van der Waals surface area contributed by atoms with E-state index in [0.717, 1.165) is 42.9 Å². The number of aromatic nitrogens is 1. The molecule has 1 unspecified atom stereocenters. The molecule has 1 aromatic carbocycles. The number of benzene rings is 1. The number of piperazine rings is 1. The highest BCUT2D eigenvalue weighted by Crippen LogP contribution is 2.21. The first-order valence-corrected chi connectivity index (χ1v) is 9.01. The average molecular weight is 391 g/mol. The number of halogens is 1. The van der Waals surface area contributed by atoms with Crippen molar-refractivity contribution in [2.45, 2.75) is 12.5 Å². The third kappa shape index (κ3) is 5.92. The van der Waals surface area contributed by atoms with Crippen LogP contribution in [0.25, 0.3) is 0 Å². The van der Waals surface area contributed by atoms with E-state index in [1.165, 1.54) is 0 Å². The zero-order valence-electron chi connectivity index (χ0n) is 15.6. The summed E-state index contributed by atoms with van der Waals surface area (Å²) in [5.41, 5.74) is 2.24. The Morgan fingerprint density at radius 3 is 2.96 bits per heavy atom. The van der Waals surface area contributed by atoms with E-state index < -0.39 is 0 Å². The topological polar surface area (TPSA) is 66.5 Å². The van der Waals surface area contributed by atoms with Crippen molar-refractivity contribution in [3.63, 3.8) is 0 Å². The first kappa shape index (κ1) is 21.2. The first-order valence-electron chi connectivity index (χ1n) is 9.01. The summed E-state index contributed by atoms with van der Waals surface area (Å²) in [6, 6.07) is 12.1. The Hall–Kier alpha value is -2.15. The Morgan fingerprint density at radius 1 is 1.33 bits per heavy atom. The molecule has 0 radical (unpaired) electrons. The van der Waals surface area contributed by atoms with E-state index in [1.54, 1.807) is 13.3 Å². The van der Waals surface area contributed by atoms with E-state index in [-0.39, 0.29) is 24.4 Å². The molecule has 3 rings (SSSR count). The van der Waals surface area contributed by atoms with Crippen molar-refractivity contribution >= 4 is 18.3 Å². The van der Waals surface area contributed by atoms with Gasteiger partial charge in [-0.05, 0) is 29.7 Å². The lowest BCUT2D eigenvalue weighted by molar-refractivity contribution is -0.123. The van der Waals surface area contributed by atoms with Crippen LogP contribution in [0.2, 0.25) is 0 Å². The van der Waals surface area contributed by atoms with Gasteiger partial charge >= 0.3 is 0 Å². The quantitative estimate of drug-likeness (QED) is 0.754. The van der Waals surface area contributed by atoms with Crippen LogP contribution in [0.1, 0.15) is 17.2 Å². The summed E-state index contributed by atoms with van der Waals surface area (Å²) in [6.45, 7) is 3.57. The molecular formula is C20H27ClN4O2. The van der Waals surface area contributed by atoms with Gasteiger partial charge in [0.15, 0.2) is 0 Å². The molecule has 7 heteroatoms. The third-order valence-electron chi connectivity index (χ3n) is 4.68. The van der Waals surface area contributed by atoms with Crippen LogP contribution in [0, 0.1) is 0 Å². The van der Waals surface area contributed by atoms with Crippen LogP contribution < -0.4 is 15.4 Å². The van der Waals surface area contributed by atoms with Crippen LogP contribution in [0.3, 0.4) is 0 Å². The summed E-state index contributed by atoms with van der Waals surface area (Å²) in [5.74, 6) is 0.913. The molecule has 146 valence electrons. The number of nitrogens with zero attached hydrogens (tertiary/aromatic N) is 2. The normalized spacial score (nSPS) is 17.0. The minimum Gasteiger partial charge on any atom is -0.496 e. The highest BCUT2D eigenvalue weighted by molar-refractivity contribution is 5.85. The maximum atomic E-state index is 12.4. The Bertz CT molecular complexity index is 714. The minimum absolute atomic E-state index is 0. The number of pyridine rings is 1. The average Bonchev–Trinajstić information content (AvgIpc) is 2.69. The molecule has 1 saturated heterocycles. The number of carbonyl (C=O) groups is 1. The summed E-state index contributed by atoms with van der Waals surface area (Å²) >= 11 is 0. The molecule has 2 aromatic rings. The molecule has 6 nitrogen and oxygen atoms in total. The fourth-order valence-corrected chi connectivity index (χ4v) is 3.32. The van der Waals surface area contributed by atoms with Crippen molar-refractivity contribution < 1.29 is 9.53 Å². The molecule has 2 heterocycles. The zero-order chi connectivity index (χ0) is 18.2. The van der Waals surface area contributed by atoms with Crippen molar-refractivity contribution in [1.82, 2.24) is 20.5 Å². The van der Waals surface area contributed by atoms with Crippen LogP contribution in [-0.4, -0.2) is 55.6 Å². The van der Waals surface area contributed by atoms with Gasteiger partial charge in [-0.3, -0.25) is 14.7 Å². The largest absolute Gasteiger partial charge is 0.496 e. The van der Waals surface area contributed by atoms with Gasteiger partial charge in [-0.25, -0.2) is 0 Å². The second-order valence-electron chi connectivity index (χ2n) is 6.39. The summed E-state index contributed by atoms with van der Waals surface area (Å²) in [4.78, 5) is 18.8. The second kappa shape index (κ2) is 10.9. The van der Waals surface area contributed by atoms with Crippen molar-refractivity contribution in [3.8, 4) is 5.75 Å². The van der Waals surface area contributed by atoms with Gasteiger partial charge in [-0.15, -0.1) is 12.4 Å². The number of methoxy groups -OCH3 is 1. The molecular weight excluding hydrogens is 364 g/mol. The molecule has 0 aliphatic carbocycles. The van der Waals surface area contributed by atoms with Crippen LogP contribution in [-0.2, 0) is 11.2 Å². The number of hydrogen-bond acceptors (Lipinski definition) is 5. The van der Waals surface area contributed by atoms with Gasteiger partial charge in [-0.1, -0.05) is 24.3 Å². The maximum absolute atomic E-state index is 12.4. The van der Waals surface area contributed by atoms with Crippen LogP contribution in [0.4, 0.5) is 0 Å². The molecule has 27 heavy (non-hydrogen) atoms. The standard InChI is InChI=1S/C20H26N4O2.ClH/c1-26-19-7-3-2-5-16(19)8-10-23-20(25)15-24-12-11-22-14-18(24)17-6-4-9-21-13-17;/h2-7,9,13,18,22H,8,10-12,14-15H2,1H3,(H,23,25);1H. The SMILES string of the molecule is COc1ccccc1CCNC(=O)CN1CCNCC1c1cccnc1.Cl. The zero-order valence-corrected chi connectivity index (χ0v) is 16.4. The van der Waals surface area contributed by atoms with Crippen molar-refractivity contribution in [1.29, 1.82) is 0 Å². The summed E-state index contributed by atoms with van der Waals surface area (Å²) < 4.78 is 5.35. The molecule has 1 amide bonds. The Morgan fingerprint density at radius 2 is 2.19 bits per heavy atom. The molecule has 1 aliphatic heterocycles. The van der Waals surface area contributed by atoms with Crippen LogP contribution >= 0.6 is 12.4 Å². The molecule has 0 saturated carbocycles. The Labute approximate surface area is 166 Å². The maximum Gasteiger partial charge on any atom is 0.234 e. The lowest BCUT2D eigenvalue weighted by Crippen LogP contribution is -2.49. The number of para-hydroxylation sites is 1. The van der Waals surface area contributed by atoms with Gasteiger partial charge in [-0.2, -0.15) is 0 Å². The van der Waals surface area contributed by atoms with Gasteiger partial charge in [0.05, 0.1) is 13.7 Å². The lowest BCUT2D eigenvalue weighted by atomic mass is 10.1. The number of amides is 1. The van der Waals surface area contributed by atoms with Crippen LogP contribution in [0.15, 0.2) is 48.8 Å². The minimum atomic E-state index is 0. The fraction of sp³-hybridized carbons (Fsp3) is 0.400. The van der Waals surface area contributed by atoms with Crippen molar-refractivity contribution in [3.05, 3.63) is 59.9 Å². The summed E-state index contributed by atoms with van der Waals surface area (Å²) in [5, 5.41) is 6.43. The Balaban J connectivity index is 0.00000261. The van der Waals surface area contributed by atoms with E-state index in [2.05, 4.69) is 26.6 Å². The molecule has 1 aliphatic rings. The van der Waals surface area contributed by atoms with E-state index in [4.69, 9.17) is 4.74 Å². The molecule has 2 N–H and O–H groups in total. The monoisotopic (exact) mass is 390 g/mol. The van der Waals surface area contributed by atoms with Gasteiger partial charge in [0.2, 0.25) is 5.91 Å². The summed E-state index contributed by atoms with van der Waals surface area (Å²) in [6.07, 6.45) is 4.41. The molecule has 1 fully saturated rings. The third-order valence-corrected chi connectivity index (χ3v) is 4.68. The van der Waals surface area contributed by atoms with Gasteiger partial charge < -0.3 is 15.4 Å². The number of rotatable bonds is 7. The second-order valence-corrected chi connectivity index (χ2v) is 6.39. The van der Waals surface area contributed by atoms with E-state index in [0.29, 0.717) is 13.1 Å². The Kier molecular flexibility index (Phi) is 8.51. The predicted octanol–water partition coefficient (Wildman–Crippen LogP) is 1.82. The molecule has 0 spiro atoms. The predicted molar refractivity (Wildman–Crippen MR) is 108 cm³/mol. The molecule has 0 bridgehead atoms. The smallest absolute Gasteiger partial charge is 0.234 e. The highest BCUT2D eigenvalue weighted by atomic mass is 35.5. The van der Waals surface area contributed by atoms with Crippen LogP contribution in [0.5, 0.6) is 5.75 Å². The van der Waals surface area contributed by atoms with Gasteiger partial charge in [0.1, 0.15) is 5.75 Å². The molecule has 1 atom stereocenters.